The summed E-state index contributed by atoms with van der Waals surface area (Å²) in [5, 5.41) is 13.0. The highest BCUT2D eigenvalue weighted by atomic mass is 15.4. The van der Waals surface area contributed by atoms with E-state index in [1.54, 1.807) is 10.9 Å². The molecule has 3 aromatic heterocycles. The quantitative estimate of drug-likeness (QED) is 0.613. The highest BCUT2D eigenvalue weighted by molar-refractivity contribution is 5.82. The zero-order valence-corrected chi connectivity index (χ0v) is 14.6. The van der Waals surface area contributed by atoms with Gasteiger partial charge in [0, 0.05) is 17.5 Å². The van der Waals surface area contributed by atoms with E-state index < -0.39 is 0 Å². The maximum Gasteiger partial charge on any atom is 0.187 e. The Bertz CT molecular complexity index is 1100. The molecule has 0 spiro atoms. The van der Waals surface area contributed by atoms with Crippen LogP contribution in [0.4, 0.5) is 0 Å². The fourth-order valence-corrected chi connectivity index (χ4v) is 3.53. The molecule has 1 fully saturated rings. The number of pyridine rings is 1. The molecule has 0 radical (unpaired) electrons. The van der Waals surface area contributed by atoms with Crippen LogP contribution >= 0.6 is 0 Å². The molecule has 4 aromatic rings. The van der Waals surface area contributed by atoms with Crippen molar-refractivity contribution in [1.29, 1.82) is 0 Å². The third-order valence-electron chi connectivity index (χ3n) is 4.93. The zero-order valence-electron chi connectivity index (χ0n) is 14.6. The van der Waals surface area contributed by atoms with Gasteiger partial charge < -0.3 is 5.32 Å². The Kier molecular flexibility index (Phi) is 3.60. The molecule has 1 aliphatic rings. The molecule has 7 nitrogen and oxygen atoms in total. The molecule has 7 heteroatoms. The van der Waals surface area contributed by atoms with Crippen LogP contribution in [0, 0.1) is 12.8 Å². The molecule has 130 valence electrons. The molecule has 1 aliphatic heterocycles. The number of fused-ring (bicyclic) bond motifs is 2. The highest BCUT2D eigenvalue weighted by Crippen LogP contribution is 2.20. The molecule has 1 N–H and O–H groups in total. The summed E-state index contributed by atoms with van der Waals surface area (Å²) in [6, 6.07) is 10.2. The number of aryl methyl sites for hydroxylation is 1. The van der Waals surface area contributed by atoms with Crippen molar-refractivity contribution >= 4 is 22.1 Å². The van der Waals surface area contributed by atoms with E-state index >= 15 is 0 Å². The fourth-order valence-electron chi connectivity index (χ4n) is 3.53. The van der Waals surface area contributed by atoms with Crippen LogP contribution < -0.4 is 5.32 Å². The molecule has 1 aromatic carbocycles. The van der Waals surface area contributed by atoms with E-state index in [0.29, 0.717) is 11.4 Å². The molecule has 1 saturated heterocycles. The zero-order chi connectivity index (χ0) is 17.5. The second kappa shape index (κ2) is 6.10. The first kappa shape index (κ1) is 15.3. The van der Waals surface area contributed by atoms with E-state index in [1.807, 2.05) is 25.1 Å². The minimum Gasteiger partial charge on any atom is -0.316 e. The van der Waals surface area contributed by atoms with Crippen LogP contribution in [-0.4, -0.2) is 43.0 Å². The van der Waals surface area contributed by atoms with Gasteiger partial charge in [-0.05, 0) is 56.6 Å². The van der Waals surface area contributed by atoms with Gasteiger partial charge in [0.15, 0.2) is 11.2 Å². The Morgan fingerprint density at radius 2 is 2.12 bits per heavy atom. The highest BCUT2D eigenvalue weighted by Gasteiger charge is 2.18. The van der Waals surface area contributed by atoms with Crippen molar-refractivity contribution in [2.24, 2.45) is 5.92 Å². The number of nitrogens with one attached hydrogen (secondary N) is 1. The molecular weight excluding hydrogens is 326 g/mol. The normalized spacial score (nSPS) is 17.3. The monoisotopic (exact) mass is 345 g/mol. The standard InChI is InChI=1S/C19H19N7/c1-12-2-3-14-9-15(4-5-16(14)22-12)26-19-17(24-25-26)11-21-18(23-19)8-13-6-7-20-10-13/h2-5,9,11,13,20H,6-8,10H2,1H3/t13-/m0/s1. The molecular formula is C19H19N7. The van der Waals surface area contributed by atoms with Crippen molar-refractivity contribution < 1.29 is 0 Å². The molecule has 0 bridgehead atoms. The molecule has 0 amide bonds. The number of aromatic nitrogens is 6. The minimum atomic E-state index is 0.603. The first-order chi connectivity index (χ1) is 12.8. The van der Waals surface area contributed by atoms with Crippen LogP contribution in [0.2, 0.25) is 0 Å². The predicted octanol–water partition coefficient (Wildman–Crippen LogP) is 2.22. The van der Waals surface area contributed by atoms with E-state index in [9.17, 15) is 0 Å². The summed E-state index contributed by atoms with van der Waals surface area (Å²) < 4.78 is 1.78. The summed E-state index contributed by atoms with van der Waals surface area (Å²) in [6.07, 6.45) is 3.83. The van der Waals surface area contributed by atoms with Gasteiger partial charge in [-0.1, -0.05) is 11.3 Å². The van der Waals surface area contributed by atoms with Crippen LogP contribution in [-0.2, 0) is 6.42 Å². The second-order valence-electron chi connectivity index (χ2n) is 6.89. The van der Waals surface area contributed by atoms with E-state index in [0.717, 1.165) is 53.3 Å². The van der Waals surface area contributed by atoms with Gasteiger partial charge >= 0.3 is 0 Å². The van der Waals surface area contributed by atoms with Gasteiger partial charge in [-0.3, -0.25) is 4.98 Å². The van der Waals surface area contributed by atoms with Crippen molar-refractivity contribution in [3.05, 3.63) is 48.0 Å². The minimum absolute atomic E-state index is 0.603. The molecule has 0 saturated carbocycles. The summed E-state index contributed by atoms with van der Waals surface area (Å²) in [6.45, 7) is 4.11. The number of benzene rings is 1. The lowest BCUT2D eigenvalue weighted by Gasteiger charge is -2.07. The Balaban J connectivity index is 1.56. The summed E-state index contributed by atoms with van der Waals surface area (Å²) in [5.74, 6) is 1.46. The van der Waals surface area contributed by atoms with Crippen molar-refractivity contribution in [3.8, 4) is 5.69 Å². The number of nitrogens with zero attached hydrogens (tertiary/aromatic N) is 6. The average molecular weight is 345 g/mol. The number of rotatable bonds is 3. The lowest BCUT2D eigenvalue weighted by atomic mass is 10.0. The van der Waals surface area contributed by atoms with Gasteiger partial charge in [0.2, 0.25) is 0 Å². The van der Waals surface area contributed by atoms with Gasteiger partial charge in [0.05, 0.1) is 17.4 Å². The summed E-state index contributed by atoms with van der Waals surface area (Å²) in [4.78, 5) is 13.8. The maximum atomic E-state index is 4.75. The molecule has 0 unspecified atom stereocenters. The fraction of sp³-hybridized carbons (Fsp3) is 0.316. The first-order valence-corrected chi connectivity index (χ1v) is 8.92. The Morgan fingerprint density at radius 3 is 3.00 bits per heavy atom. The third-order valence-corrected chi connectivity index (χ3v) is 4.93. The van der Waals surface area contributed by atoms with Gasteiger partial charge in [0.1, 0.15) is 5.82 Å². The second-order valence-corrected chi connectivity index (χ2v) is 6.89. The SMILES string of the molecule is Cc1ccc2cc(-n3nnc4cnc(C[C@@H]5CCNC5)nc43)ccc2n1. The topological polar surface area (TPSA) is 81.4 Å². The van der Waals surface area contributed by atoms with Crippen molar-refractivity contribution in [2.75, 3.05) is 13.1 Å². The molecule has 0 aliphatic carbocycles. The lowest BCUT2D eigenvalue weighted by Crippen LogP contribution is -2.12. The van der Waals surface area contributed by atoms with Crippen molar-refractivity contribution in [3.63, 3.8) is 0 Å². The van der Waals surface area contributed by atoms with Gasteiger partial charge in [-0.2, -0.15) is 4.68 Å². The van der Waals surface area contributed by atoms with Gasteiger partial charge in [0.25, 0.3) is 0 Å². The van der Waals surface area contributed by atoms with Crippen LogP contribution in [0.25, 0.3) is 27.8 Å². The lowest BCUT2D eigenvalue weighted by molar-refractivity contribution is 0.562. The first-order valence-electron chi connectivity index (χ1n) is 8.92. The number of hydrogen-bond acceptors (Lipinski definition) is 6. The summed E-state index contributed by atoms with van der Waals surface area (Å²) in [7, 11) is 0. The Labute approximate surface area is 150 Å². The smallest absolute Gasteiger partial charge is 0.187 e. The van der Waals surface area contributed by atoms with Gasteiger partial charge in [-0.15, -0.1) is 5.10 Å². The third kappa shape index (κ3) is 2.70. The maximum absolute atomic E-state index is 4.75. The summed E-state index contributed by atoms with van der Waals surface area (Å²) in [5.41, 5.74) is 4.37. The van der Waals surface area contributed by atoms with Crippen molar-refractivity contribution in [1.82, 2.24) is 35.3 Å². The van der Waals surface area contributed by atoms with Crippen molar-refractivity contribution in [2.45, 2.75) is 19.8 Å². The summed E-state index contributed by atoms with van der Waals surface area (Å²) >= 11 is 0. The predicted molar refractivity (Wildman–Crippen MR) is 99.2 cm³/mol. The Morgan fingerprint density at radius 1 is 1.15 bits per heavy atom. The average Bonchev–Trinajstić information content (AvgIpc) is 3.31. The Hall–Kier alpha value is -2.93. The van der Waals surface area contributed by atoms with Crippen LogP contribution in [0.15, 0.2) is 36.5 Å². The van der Waals surface area contributed by atoms with Crippen LogP contribution in [0.5, 0.6) is 0 Å². The van der Waals surface area contributed by atoms with Crippen LogP contribution in [0.3, 0.4) is 0 Å². The molecule has 26 heavy (non-hydrogen) atoms. The molecule has 5 rings (SSSR count). The number of hydrogen-bond donors (Lipinski definition) is 1. The van der Waals surface area contributed by atoms with Crippen LogP contribution in [0.1, 0.15) is 17.9 Å². The molecule has 4 heterocycles. The van der Waals surface area contributed by atoms with E-state index in [-0.39, 0.29) is 0 Å². The largest absolute Gasteiger partial charge is 0.316 e. The molecule has 1 atom stereocenters. The van der Waals surface area contributed by atoms with Gasteiger partial charge in [-0.25, -0.2) is 9.97 Å². The van der Waals surface area contributed by atoms with E-state index in [2.05, 4.69) is 37.7 Å². The van der Waals surface area contributed by atoms with E-state index in [1.165, 1.54) is 6.42 Å². The van der Waals surface area contributed by atoms with E-state index in [4.69, 9.17) is 4.98 Å².